The summed E-state index contributed by atoms with van der Waals surface area (Å²) in [5.74, 6) is -0.184. The summed E-state index contributed by atoms with van der Waals surface area (Å²) in [5.41, 5.74) is 1.86. The SMILES string of the molecule is CC(Nc1ccc(I)cc1)C(=O)Nc1ccccc1C#N. The normalized spacial score (nSPS) is 11.3. The number of hydrogen-bond donors (Lipinski definition) is 2. The molecule has 2 aromatic rings. The molecule has 0 aliphatic heterocycles. The summed E-state index contributed by atoms with van der Waals surface area (Å²) in [6, 6.07) is 16.4. The number of rotatable bonds is 4. The zero-order valence-corrected chi connectivity index (χ0v) is 13.6. The topological polar surface area (TPSA) is 64.9 Å². The fraction of sp³-hybridized carbons (Fsp3) is 0.125. The van der Waals surface area contributed by atoms with Gasteiger partial charge in [-0.25, -0.2) is 0 Å². The fourth-order valence-electron chi connectivity index (χ4n) is 1.79. The van der Waals surface area contributed by atoms with Crippen molar-refractivity contribution in [1.82, 2.24) is 0 Å². The maximum atomic E-state index is 12.2. The summed E-state index contributed by atoms with van der Waals surface area (Å²) in [6.45, 7) is 1.78. The van der Waals surface area contributed by atoms with Crippen molar-refractivity contribution in [3.05, 3.63) is 57.7 Å². The first-order chi connectivity index (χ1) is 10.1. The number of carbonyl (C=O) groups is 1. The van der Waals surface area contributed by atoms with Crippen LogP contribution in [0.15, 0.2) is 48.5 Å². The Kier molecular flexibility index (Phi) is 5.17. The molecule has 21 heavy (non-hydrogen) atoms. The molecule has 0 bridgehead atoms. The molecular weight excluding hydrogens is 377 g/mol. The molecule has 2 rings (SSSR count). The van der Waals surface area contributed by atoms with Crippen molar-refractivity contribution in [1.29, 1.82) is 5.26 Å². The monoisotopic (exact) mass is 391 g/mol. The van der Waals surface area contributed by atoms with Crippen molar-refractivity contribution < 1.29 is 4.79 Å². The lowest BCUT2D eigenvalue weighted by Crippen LogP contribution is -2.32. The second kappa shape index (κ2) is 7.09. The number of nitrogens with zero attached hydrogens (tertiary/aromatic N) is 1. The van der Waals surface area contributed by atoms with Crippen LogP contribution in [0.2, 0.25) is 0 Å². The molecule has 0 spiro atoms. The second-order valence-corrected chi connectivity index (χ2v) is 5.77. The molecule has 2 N–H and O–H groups in total. The summed E-state index contributed by atoms with van der Waals surface area (Å²) in [5, 5.41) is 14.9. The van der Waals surface area contributed by atoms with E-state index in [2.05, 4.69) is 39.3 Å². The summed E-state index contributed by atoms with van der Waals surface area (Å²) in [4.78, 5) is 12.2. The van der Waals surface area contributed by atoms with Crippen LogP contribution in [0.4, 0.5) is 11.4 Å². The lowest BCUT2D eigenvalue weighted by atomic mass is 10.2. The Hall–Kier alpha value is -2.07. The average molecular weight is 391 g/mol. The van der Waals surface area contributed by atoms with E-state index in [1.54, 1.807) is 31.2 Å². The van der Waals surface area contributed by atoms with Gasteiger partial charge in [0.15, 0.2) is 0 Å². The summed E-state index contributed by atoms with van der Waals surface area (Å²) in [6.07, 6.45) is 0. The van der Waals surface area contributed by atoms with Crippen molar-refractivity contribution in [2.75, 3.05) is 10.6 Å². The standard InChI is InChI=1S/C16H14IN3O/c1-11(19-14-8-6-13(17)7-9-14)16(21)20-15-5-3-2-4-12(15)10-18/h2-9,11,19H,1H3,(H,20,21). The molecule has 0 saturated heterocycles. The van der Waals surface area contributed by atoms with Gasteiger partial charge in [-0.1, -0.05) is 12.1 Å². The zero-order valence-electron chi connectivity index (χ0n) is 11.4. The van der Waals surface area contributed by atoms with Crippen molar-refractivity contribution in [3.63, 3.8) is 0 Å². The van der Waals surface area contributed by atoms with Crippen LogP contribution in [-0.2, 0) is 4.79 Å². The molecule has 1 atom stereocenters. The van der Waals surface area contributed by atoms with Crippen LogP contribution in [0, 0.1) is 14.9 Å². The fourth-order valence-corrected chi connectivity index (χ4v) is 2.15. The minimum absolute atomic E-state index is 0.184. The quantitative estimate of drug-likeness (QED) is 0.783. The molecule has 4 nitrogen and oxygen atoms in total. The van der Waals surface area contributed by atoms with E-state index in [4.69, 9.17) is 5.26 Å². The van der Waals surface area contributed by atoms with Gasteiger partial charge in [0.25, 0.3) is 0 Å². The minimum atomic E-state index is -0.406. The molecule has 0 radical (unpaired) electrons. The highest BCUT2D eigenvalue weighted by molar-refractivity contribution is 14.1. The average Bonchev–Trinajstić information content (AvgIpc) is 2.50. The lowest BCUT2D eigenvalue weighted by molar-refractivity contribution is -0.116. The van der Waals surface area contributed by atoms with E-state index in [1.165, 1.54) is 0 Å². The third-order valence-corrected chi connectivity index (χ3v) is 3.65. The molecule has 106 valence electrons. The van der Waals surface area contributed by atoms with E-state index in [0.717, 1.165) is 9.26 Å². The Balaban J connectivity index is 2.03. The van der Waals surface area contributed by atoms with Crippen LogP contribution < -0.4 is 10.6 Å². The van der Waals surface area contributed by atoms with Crippen LogP contribution in [0.25, 0.3) is 0 Å². The Morgan fingerprint density at radius 1 is 1.19 bits per heavy atom. The first-order valence-corrected chi connectivity index (χ1v) is 7.50. The predicted molar refractivity (Wildman–Crippen MR) is 92.0 cm³/mol. The largest absolute Gasteiger partial charge is 0.374 e. The second-order valence-electron chi connectivity index (χ2n) is 4.52. The summed E-state index contributed by atoms with van der Waals surface area (Å²) < 4.78 is 1.14. The highest BCUT2D eigenvalue weighted by Crippen LogP contribution is 2.15. The summed E-state index contributed by atoms with van der Waals surface area (Å²) >= 11 is 2.23. The van der Waals surface area contributed by atoms with Gasteiger partial charge in [-0.2, -0.15) is 5.26 Å². The van der Waals surface area contributed by atoms with Gasteiger partial charge in [0, 0.05) is 9.26 Å². The molecule has 0 heterocycles. The Morgan fingerprint density at radius 2 is 1.86 bits per heavy atom. The lowest BCUT2D eigenvalue weighted by Gasteiger charge is -2.15. The van der Waals surface area contributed by atoms with Crippen LogP contribution in [0.1, 0.15) is 12.5 Å². The van der Waals surface area contributed by atoms with Crippen molar-refractivity contribution >= 4 is 39.9 Å². The first-order valence-electron chi connectivity index (χ1n) is 6.42. The third-order valence-electron chi connectivity index (χ3n) is 2.93. The molecule has 2 aromatic carbocycles. The number of nitriles is 1. The van der Waals surface area contributed by atoms with E-state index in [1.807, 2.05) is 24.3 Å². The van der Waals surface area contributed by atoms with Gasteiger partial charge in [-0.15, -0.1) is 0 Å². The molecule has 0 fully saturated rings. The van der Waals surface area contributed by atoms with E-state index in [9.17, 15) is 4.79 Å². The van der Waals surface area contributed by atoms with Crippen LogP contribution in [0.3, 0.4) is 0 Å². The Bertz CT molecular complexity index is 677. The van der Waals surface area contributed by atoms with E-state index < -0.39 is 6.04 Å². The van der Waals surface area contributed by atoms with E-state index in [0.29, 0.717) is 11.3 Å². The van der Waals surface area contributed by atoms with Gasteiger partial charge in [-0.3, -0.25) is 4.79 Å². The highest BCUT2D eigenvalue weighted by atomic mass is 127. The first kappa shape index (κ1) is 15.3. The number of hydrogen-bond acceptors (Lipinski definition) is 3. The smallest absolute Gasteiger partial charge is 0.246 e. The van der Waals surface area contributed by atoms with Gasteiger partial charge < -0.3 is 10.6 Å². The van der Waals surface area contributed by atoms with Crippen LogP contribution in [-0.4, -0.2) is 11.9 Å². The molecule has 1 unspecified atom stereocenters. The number of benzene rings is 2. The number of carbonyl (C=O) groups excluding carboxylic acids is 1. The van der Waals surface area contributed by atoms with Crippen LogP contribution >= 0.6 is 22.6 Å². The minimum Gasteiger partial charge on any atom is -0.374 e. The molecule has 0 saturated carbocycles. The van der Waals surface area contributed by atoms with Gasteiger partial charge in [0.05, 0.1) is 11.3 Å². The van der Waals surface area contributed by atoms with E-state index in [-0.39, 0.29) is 5.91 Å². The predicted octanol–water partition coefficient (Wildman–Crippen LogP) is 3.60. The van der Waals surface area contributed by atoms with Crippen molar-refractivity contribution in [2.45, 2.75) is 13.0 Å². The molecule has 1 amide bonds. The number of halogens is 1. The Labute approximate surface area is 137 Å². The molecule has 5 heteroatoms. The molecule has 0 aliphatic carbocycles. The van der Waals surface area contributed by atoms with Crippen molar-refractivity contribution in [3.8, 4) is 6.07 Å². The molecule has 0 aliphatic rings. The number of para-hydroxylation sites is 1. The number of amides is 1. The Morgan fingerprint density at radius 3 is 2.52 bits per heavy atom. The van der Waals surface area contributed by atoms with Gasteiger partial charge in [0.1, 0.15) is 12.1 Å². The van der Waals surface area contributed by atoms with Crippen LogP contribution in [0.5, 0.6) is 0 Å². The third kappa shape index (κ3) is 4.20. The molecular formula is C16H14IN3O. The number of anilines is 2. The highest BCUT2D eigenvalue weighted by Gasteiger charge is 2.14. The van der Waals surface area contributed by atoms with E-state index >= 15 is 0 Å². The van der Waals surface area contributed by atoms with Gasteiger partial charge in [0.2, 0.25) is 5.91 Å². The van der Waals surface area contributed by atoms with Gasteiger partial charge >= 0.3 is 0 Å². The maximum absolute atomic E-state index is 12.2. The maximum Gasteiger partial charge on any atom is 0.246 e. The van der Waals surface area contributed by atoms with Crippen molar-refractivity contribution in [2.24, 2.45) is 0 Å². The summed E-state index contributed by atoms with van der Waals surface area (Å²) in [7, 11) is 0. The number of nitrogens with one attached hydrogen (secondary N) is 2. The molecule has 0 aromatic heterocycles. The zero-order chi connectivity index (χ0) is 15.2. The van der Waals surface area contributed by atoms with Gasteiger partial charge in [-0.05, 0) is 65.9 Å².